The van der Waals surface area contributed by atoms with E-state index in [1.54, 1.807) is 13.3 Å². The highest BCUT2D eigenvalue weighted by atomic mass is 16.5. The van der Waals surface area contributed by atoms with Crippen LogP contribution >= 0.6 is 0 Å². The van der Waals surface area contributed by atoms with Crippen LogP contribution in [0.4, 0.5) is 11.5 Å². The number of nitrogens with zero attached hydrogens (tertiary/aromatic N) is 8. The van der Waals surface area contributed by atoms with E-state index >= 15 is 0 Å². The largest absolute Gasteiger partial charge is 0.481 e. The van der Waals surface area contributed by atoms with Crippen LogP contribution in [0.25, 0.3) is 16.6 Å². The maximum atomic E-state index is 9.77. The van der Waals surface area contributed by atoms with Gasteiger partial charge in [-0.2, -0.15) is 10.4 Å². The number of nitriles is 1. The van der Waals surface area contributed by atoms with Gasteiger partial charge in [-0.1, -0.05) is 6.07 Å². The quantitative estimate of drug-likeness (QED) is 0.368. The van der Waals surface area contributed by atoms with Crippen LogP contribution in [0.3, 0.4) is 0 Å². The summed E-state index contributed by atoms with van der Waals surface area (Å²) in [4.78, 5) is 16.6. The summed E-state index contributed by atoms with van der Waals surface area (Å²) in [5.74, 6) is 1.64. The first-order valence-corrected chi connectivity index (χ1v) is 13.9. The van der Waals surface area contributed by atoms with E-state index in [1.807, 2.05) is 29.2 Å². The fourth-order valence-corrected chi connectivity index (χ4v) is 6.29. The molecule has 0 saturated carbocycles. The second-order valence-electron chi connectivity index (χ2n) is 10.8. The highest BCUT2D eigenvalue weighted by Crippen LogP contribution is 2.37. The molecule has 40 heavy (non-hydrogen) atoms. The molecule has 4 aromatic heterocycles. The third kappa shape index (κ3) is 4.51. The van der Waals surface area contributed by atoms with Crippen LogP contribution in [0, 0.1) is 11.3 Å². The molecule has 0 spiro atoms. The Hall–Kier alpha value is -4.20. The fourth-order valence-electron chi connectivity index (χ4n) is 6.29. The van der Waals surface area contributed by atoms with Gasteiger partial charge in [-0.15, -0.1) is 0 Å². The van der Waals surface area contributed by atoms with Crippen molar-refractivity contribution in [1.29, 1.82) is 5.26 Å². The van der Waals surface area contributed by atoms with Gasteiger partial charge in [0.15, 0.2) is 0 Å². The summed E-state index contributed by atoms with van der Waals surface area (Å²) in [6.07, 6.45) is 9.72. The highest BCUT2D eigenvalue weighted by molar-refractivity contribution is 5.86. The van der Waals surface area contributed by atoms with Gasteiger partial charge in [-0.3, -0.25) is 4.90 Å². The van der Waals surface area contributed by atoms with Crippen molar-refractivity contribution >= 4 is 17.0 Å². The van der Waals surface area contributed by atoms with Crippen molar-refractivity contribution in [3.63, 3.8) is 0 Å². The van der Waals surface area contributed by atoms with Crippen LogP contribution in [0.15, 0.2) is 55.1 Å². The first kappa shape index (κ1) is 24.8. The Morgan fingerprint density at radius 3 is 2.67 bits per heavy atom. The van der Waals surface area contributed by atoms with Crippen molar-refractivity contribution in [1.82, 2.24) is 24.5 Å². The van der Waals surface area contributed by atoms with Gasteiger partial charge in [-0.25, -0.2) is 14.5 Å². The van der Waals surface area contributed by atoms with E-state index in [2.05, 4.69) is 55.1 Å². The summed E-state index contributed by atoms with van der Waals surface area (Å²) < 4.78 is 12.7. The Bertz CT molecular complexity index is 1530. The first-order valence-electron chi connectivity index (χ1n) is 13.9. The number of aromatic nitrogens is 4. The molecule has 0 N–H and O–H groups in total. The fraction of sp³-hybridized carbons (Fsp3) is 0.400. The Balaban J connectivity index is 1.10. The lowest BCUT2D eigenvalue weighted by molar-refractivity contribution is -0.00876. The third-order valence-corrected chi connectivity index (χ3v) is 8.40. The number of methoxy groups -OCH3 is 1. The lowest BCUT2D eigenvalue weighted by Gasteiger charge is -2.56. The molecule has 10 heteroatoms. The number of rotatable bonds is 6. The molecular weight excluding hydrogens is 504 g/mol. The van der Waals surface area contributed by atoms with Gasteiger partial charge in [0.05, 0.1) is 42.9 Å². The molecule has 8 rings (SSSR count). The molecule has 10 nitrogen and oxygen atoms in total. The molecular formula is C30H32N8O2. The van der Waals surface area contributed by atoms with Crippen molar-refractivity contribution in [2.75, 3.05) is 56.3 Å². The second-order valence-corrected chi connectivity index (χ2v) is 10.8. The van der Waals surface area contributed by atoms with E-state index in [9.17, 15) is 5.26 Å². The van der Waals surface area contributed by atoms with E-state index in [4.69, 9.17) is 14.5 Å². The SMILES string of the molecule is COc1ccc(CN2C3CC2CN(c2ccc(-c4cc(N5CCCOCC5)cn5ncc(C#N)c45)cn2)C3)cn1. The summed E-state index contributed by atoms with van der Waals surface area (Å²) in [6, 6.07) is 13.8. The normalized spacial score (nSPS) is 21.1. The van der Waals surface area contributed by atoms with Crippen LogP contribution in [0.2, 0.25) is 0 Å². The molecule has 2 bridgehead atoms. The summed E-state index contributed by atoms with van der Waals surface area (Å²) >= 11 is 0. The Labute approximate surface area is 233 Å². The van der Waals surface area contributed by atoms with Crippen LogP contribution < -0.4 is 14.5 Å². The van der Waals surface area contributed by atoms with Gasteiger partial charge in [0.1, 0.15) is 11.9 Å². The predicted octanol–water partition coefficient (Wildman–Crippen LogP) is 3.36. The Morgan fingerprint density at radius 1 is 1.02 bits per heavy atom. The average Bonchev–Trinajstić information content (AvgIpc) is 3.23. The van der Waals surface area contributed by atoms with E-state index in [-0.39, 0.29) is 0 Å². The number of pyridine rings is 3. The molecule has 0 amide bonds. The molecule has 0 radical (unpaired) electrons. The van der Waals surface area contributed by atoms with Gasteiger partial charge in [0.25, 0.3) is 0 Å². The van der Waals surface area contributed by atoms with E-state index in [0.29, 0.717) is 30.1 Å². The van der Waals surface area contributed by atoms with Crippen molar-refractivity contribution in [3.05, 3.63) is 66.2 Å². The monoisotopic (exact) mass is 536 g/mol. The lowest BCUT2D eigenvalue weighted by atomic mass is 9.87. The van der Waals surface area contributed by atoms with Crippen molar-refractivity contribution in [2.24, 2.45) is 0 Å². The summed E-state index contributed by atoms with van der Waals surface area (Å²) in [6.45, 7) is 6.09. The zero-order chi connectivity index (χ0) is 27.1. The molecule has 2 unspecified atom stereocenters. The first-order chi connectivity index (χ1) is 19.7. The Kier molecular flexibility index (Phi) is 6.46. The number of hydrogen-bond donors (Lipinski definition) is 0. The highest BCUT2D eigenvalue weighted by Gasteiger charge is 2.44. The molecule has 4 fully saturated rings. The molecule has 2 atom stereocenters. The number of piperazine rings is 1. The molecule has 4 aliphatic heterocycles. The van der Waals surface area contributed by atoms with E-state index in [1.165, 1.54) is 12.0 Å². The van der Waals surface area contributed by atoms with E-state index < -0.39 is 0 Å². The van der Waals surface area contributed by atoms with Crippen LogP contribution in [0.1, 0.15) is 24.0 Å². The number of ether oxygens (including phenoxy) is 2. The van der Waals surface area contributed by atoms with Gasteiger partial charge >= 0.3 is 0 Å². The molecule has 4 aromatic rings. The number of anilines is 2. The summed E-state index contributed by atoms with van der Waals surface area (Å²) in [5, 5.41) is 14.3. The Morgan fingerprint density at radius 2 is 1.93 bits per heavy atom. The van der Waals surface area contributed by atoms with Crippen LogP contribution in [-0.2, 0) is 11.3 Å². The molecule has 204 valence electrons. The predicted molar refractivity (Wildman–Crippen MR) is 152 cm³/mol. The minimum absolute atomic E-state index is 0.515. The van der Waals surface area contributed by atoms with Crippen molar-refractivity contribution < 1.29 is 9.47 Å². The van der Waals surface area contributed by atoms with Crippen LogP contribution in [-0.4, -0.2) is 83.1 Å². The molecule has 0 aromatic carbocycles. The summed E-state index contributed by atoms with van der Waals surface area (Å²) in [5.41, 5.74) is 5.62. The number of piperidine rings is 1. The molecule has 8 heterocycles. The van der Waals surface area contributed by atoms with Gasteiger partial charge < -0.3 is 19.3 Å². The maximum absolute atomic E-state index is 9.77. The second kappa shape index (κ2) is 10.4. The summed E-state index contributed by atoms with van der Waals surface area (Å²) in [7, 11) is 1.64. The number of hydrogen-bond acceptors (Lipinski definition) is 9. The van der Waals surface area contributed by atoms with Gasteiger partial charge in [0, 0.05) is 81.0 Å². The number of fused-ring (bicyclic) bond motifs is 3. The van der Waals surface area contributed by atoms with E-state index in [0.717, 1.165) is 73.9 Å². The van der Waals surface area contributed by atoms with Gasteiger partial charge in [0.2, 0.25) is 5.88 Å². The zero-order valence-corrected chi connectivity index (χ0v) is 22.6. The van der Waals surface area contributed by atoms with Gasteiger partial charge in [-0.05, 0) is 36.6 Å². The standard InChI is InChI=1S/C30H32N8O2/c1-39-29-6-3-21(14-33-29)17-37-25-11-26(37)19-36(18-25)28-5-4-22(15-32-28)27-12-24(35-7-2-9-40-10-8-35)20-38-30(27)23(13-31)16-34-38/h3-6,12,14-16,20,25-26H,2,7-11,17-19H2,1H3. The molecule has 4 saturated heterocycles. The smallest absolute Gasteiger partial charge is 0.212 e. The minimum Gasteiger partial charge on any atom is -0.481 e. The van der Waals surface area contributed by atoms with Crippen LogP contribution in [0.5, 0.6) is 5.88 Å². The van der Waals surface area contributed by atoms with Crippen molar-refractivity contribution in [2.45, 2.75) is 31.5 Å². The third-order valence-electron chi connectivity index (χ3n) is 8.40. The topological polar surface area (TPSA) is 95.1 Å². The molecule has 0 aliphatic carbocycles. The maximum Gasteiger partial charge on any atom is 0.212 e. The molecule has 4 aliphatic rings. The minimum atomic E-state index is 0.515. The lowest BCUT2D eigenvalue weighted by Crippen LogP contribution is -2.68. The zero-order valence-electron chi connectivity index (χ0n) is 22.6. The van der Waals surface area contributed by atoms with Crippen molar-refractivity contribution in [3.8, 4) is 23.1 Å². The average molecular weight is 537 g/mol.